The quantitative estimate of drug-likeness (QED) is 0.923. The molecule has 0 spiro atoms. The van der Waals surface area contributed by atoms with E-state index < -0.39 is 0 Å². The maximum Gasteiger partial charge on any atom is 0.228 e. The van der Waals surface area contributed by atoms with E-state index in [1.165, 1.54) is 0 Å². The minimum absolute atomic E-state index is 0.108. The third-order valence-corrected chi connectivity index (χ3v) is 4.63. The minimum Gasteiger partial charge on any atom is -0.342 e. The molecule has 1 aromatic carbocycles. The topological polar surface area (TPSA) is 77.0 Å². The van der Waals surface area contributed by atoms with E-state index in [-0.39, 0.29) is 11.9 Å². The van der Waals surface area contributed by atoms with Crippen LogP contribution in [-0.4, -0.2) is 44.9 Å². The highest BCUT2D eigenvalue weighted by Crippen LogP contribution is 2.20. The van der Waals surface area contributed by atoms with Gasteiger partial charge in [-0.05, 0) is 38.3 Å². The van der Waals surface area contributed by atoms with Gasteiger partial charge in [0.15, 0.2) is 0 Å². The van der Waals surface area contributed by atoms with Gasteiger partial charge in [-0.25, -0.2) is 4.68 Å². The molecule has 2 atom stereocenters. The number of hydrogen-bond acceptors (Lipinski definition) is 4. The van der Waals surface area contributed by atoms with Gasteiger partial charge >= 0.3 is 0 Å². The van der Waals surface area contributed by atoms with Gasteiger partial charge in [0.1, 0.15) is 0 Å². The number of amides is 1. The van der Waals surface area contributed by atoms with Crippen molar-refractivity contribution in [3.63, 3.8) is 0 Å². The van der Waals surface area contributed by atoms with Gasteiger partial charge in [-0.2, -0.15) is 0 Å². The predicted octanol–water partition coefficient (Wildman–Crippen LogP) is 1.31. The molecule has 0 saturated carbocycles. The molecule has 23 heavy (non-hydrogen) atoms. The lowest BCUT2D eigenvalue weighted by molar-refractivity contribution is -0.129. The number of nitrogens with zero attached hydrogens (tertiary/aromatic N) is 4. The van der Waals surface area contributed by atoms with Crippen molar-refractivity contribution in [3.8, 4) is 5.69 Å². The first-order chi connectivity index (χ1) is 11.1. The molecule has 1 aliphatic rings. The summed E-state index contributed by atoms with van der Waals surface area (Å²) in [5.41, 5.74) is 8.54. The summed E-state index contributed by atoms with van der Waals surface area (Å²) in [6.45, 7) is 5.50. The first kappa shape index (κ1) is 15.7. The summed E-state index contributed by atoms with van der Waals surface area (Å²) < 4.78 is 1.78. The molecule has 1 saturated heterocycles. The van der Waals surface area contributed by atoms with Gasteiger partial charge in [0, 0.05) is 19.1 Å². The molecule has 0 bridgehead atoms. The van der Waals surface area contributed by atoms with E-state index >= 15 is 0 Å². The van der Waals surface area contributed by atoms with Crippen molar-refractivity contribution in [1.82, 2.24) is 19.9 Å². The average molecular weight is 313 g/mol. The first-order valence-corrected chi connectivity index (χ1v) is 8.06. The Labute approximate surface area is 136 Å². The second-order valence-electron chi connectivity index (χ2n) is 6.29. The maximum atomic E-state index is 12.5. The van der Waals surface area contributed by atoms with Crippen LogP contribution in [0.3, 0.4) is 0 Å². The highest BCUT2D eigenvalue weighted by atomic mass is 16.2. The minimum atomic E-state index is 0.108. The van der Waals surface area contributed by atoms with E-state index in [2.05, 4.69) is 10.3 Å². The summed E-state index contributed by atoms with van der Waals surface area (Å²) in [4.78, 5) is 14.4. The molecule has 3 rings (SSSR count). The van der Waals surface area contributed by atoms with Crippen molar-refractivity contribution in [3.05, 3.63) is 41.7 Å². The van der Waals surface area contributed by atoms with Crippen LogP contribution in [0.5, 0.6) is 0 Å². The fourth-order valence-corrected chi connectivity index (χ4v) is 3.04. The summed E-state index contributed by atoms with van der Waals surface area (Å²) in [5, 5.41) is 8.38. The molecule has 6 heteroatoms. The van der Waals surface area contributed by atoms with Crippen LogP contribution in [0.1, 0.15) is 24.7 Å². The van der Waals surface area contributed by atoms with Crippen molar-refractivity contribution in [2.75, 3.05) is 13.1 Å². The van der Waals surface area contributed by atoms with Crippen LogP contribution in [0.2, 0.25) is 0 Å². The Bertz CT molecular complexity index is 680. The molecule has 0 aliphatic carbocycles. The zero-order valence-corrected chi connectivity index (χ0v) is 13.6. The Morgan fingerprint density at radius 2 is 2.13 bits per heavy atom. The fourth-order valence-electron chi connectivity index (χ4n) is 3.04. The highest BCUT2D eigenvalue weighted by Gasteiger charge is 2.29. The van der Waals surface area contributed by atoms with Crippen LogP contribution in [-0.2, 0) is 11.2 Å². The third kappa shape index (κ3) is 3.27. The largest absolute Gasteiger partial charge is 0.342 e. The lowest BCUT2D eigenvalue weighted by Crippen LogP contribution is -2.33. The number of likely N-dealkylation sites (tertiary alicyclic amines) is 1. The fraction of sp³-hybridized carbons (Fsp3) is 0.471. The molecule has 1 aliphatic heterocycles. The van der Waals surface area contributed by atoms with Crippen LogP contribution in [0.4, 0.5) is 0 Å². The van der Waals surface area contributed by atoms with Crippen LogP contribution >= 0.6 is 0 Å². The van der Waals surface area contributed by atoms with Gasteiger partial charge in [0.05, 0.1) is 23.5 Å². The van der Waals surface area contributed by atoms with E-state index in [1.807, 2.05) is 49.1 Å². The van der Waals surface area contributed by atoms with Crippen molar-refractivity contribution in [2.24, 2.45) is 11.7 Å². The molecule has 1 fully saturated rings. The molecule has 122 valence electrons. The van der Waals surface area contributed by atoms with E-state index in [4.69, 9.17) is 5.73 Å². The smallest absolute Gasteiger partial charge is 0.228 e. The Hall–Kier alpha value is -2.21. The van der Waals surface area contributed by atoms with E-state index in [9.17, 15) is 4.79 Å². The molecule has 1 amide bonds. The lowest BCUT2D eigenvalue weighted by atomic mass is 10.0. The van der Waals surface area contributed by atoms with Gasteiger partial charge in [-0.1, -0.05) is 23.4 Å². The molecular formula is C17H23N5O. The third-order valence-electron chi connectivity index (χ3n) is 4.63. The Morgan fingerprint density at radius 3 is 2.78 bits per heavy atom. The predicted molar refractivity (Wildman–Crippen MR) is 88.1 cm³/mol. The number of rotatable bonds is 4. The van der Waals surface area contributed by atoms with Crippen molar-refractivity contribution in [2.45, 2.75) is 32.7 Å². The molecular weight excluding hydrogens is 290 g/mol. The standard InChI is InChI=1S/C17H23N5O/c1-12(18)14-8-9-21(11-14)17(23)10-16-13(2)22(20-19-16)15-6-4-3-5-7-15/h3-7,12,14H,8-11,18H2,1-2H3. The summed E-state index contributed by atoms with van der Waals surface area (Å²) >= 11 is 0. The zero-order valence-electron chi connectivity index (χ0n) is 13.6. The van der Waals surface area contributed by atoms with Crippen molar-refractivity contribution < 1.29 is 4.79 Å². The lowest BCUT2D eigenvalue weighted by Gasteiger charge is -2.17. The Kier molecular flexibility index (Phi) is 4.43. The number of aromatic nitrogens is 3. The van der Waals surface area contributed by atoms with Gasteiger partial charge in [-0.3, -0.25) is 4.79 Å². The Morgan fingerprint density at radius 1 is 1.39 bits per heavy atom. The van der Waals surface area contributed by atoms with Gasteiger partial charge < -0.3 is 10.6 Å². The van der Waals surface area contributed by atoms with Crippen LogP contribution in [0.15, 0.2) is 30.3 Å². The van der Waals surface area contributed by atoms with Crippen LogP contribution in [0, 0.1) is 12.8 Å². The molecule has 0 radical (unpaired) electrons. The summed E-state index contributed by atoms with van der Waals surface area (Å²) in [5.74, 6) is 0.511. The van der Waals surface area contributed by atoms with Crippen molar-refractivity contribution >= 4 is 5.91 Å². The SMILES string of the molecule is Cc1c(CC(=O)N2CCC(C(C)N)C2)nnn1-c1ccccc1. The zero-order chi connectivity index (χ0) is 16.4. The van der Waals surface area contributed by atoms with Crippen LogP contribution in [0.25, 0.3) is 5.69 Å². The van der Waals surface area contributed by atoms with Gasteiger partial charge in [0.2, 0.25) is 5.91 Å². The van der Waals surface area contributed by atoms with E-state index in [0.29, 0.717) is 12.3 Å². The number of carbonyl (C=O) groups is 1. The average Bonchev–Trinajstić information content (AvgIpc) is 3.16. The number of nitrogens with two attached hydrogens (primary N) is 1. The number of benzene rings is 1. The van der Waals surface area contributed by atoms with Crippen LogP contribution < -0.4 is 5.73 Å². The molecule has 1 aromatic heterocycles. The summed E-state index contributed by atoms with van der Waals surface area (Å²) in [6.07, 6.45) is 1.28. The van der Waals surface area contributed by atoms with E-state index in [0.717, 1.165) is 36.6 Å². The van der Waals surface area contributed by atoms with E-state index in [1.54, 1.807) is 4.68 Å². The van der Waals surface area contributed by atoms with Crippen molar-refractivity contribution in [1.29, 1.82) is 0 Å². The number of para-hydroxylation sites is 1. The van der Waals surface area contributed by atoms with Gasteiger partial charge in [0.25, 0.3) is 0 Å². The number of hydrogen-bond donors (Lipinski definition) is 1. The summed E-state index contributed by atoms with van der Waals surface area (Å²) in [7, 11) is 0. The monoisotopic (exact) mass is 313 g/mol. The second-order valence-corrected chi connectivity index (χ2v) is 6.29. The number of carbonyl (C=O) groups excluding carboxylic acids is 1. The normalized spacial score (nSPS) is 19.1. The molecule has 2 aromatic rings. The van der Waals surface area contributed by atoms with Gasteiger partial charge in [-0.15, -0.1) is 5.10 Å². The second kappa shape index (κ2) is 6.50. The molecule has 6 nitrogen and oxygen atoms in total. The summed E-state index contributed by atoms with van der Waals surface area (Å²) in [6, 6.07) is 9.96. The maximum absolute atomic E-state index is 12.5. The first-order valence-electron chi connectivity index (χ1n) is 8.06. The molecule has 2 N–H and O–H groups in total. The Balaban J connectivity index is 1.70. The molecule has 2 heterocycles. The molecule has 2 unspecified atom stereocenters. The highest BCUT2D eigenvalue weighted by molar-refractivity contribution is 5.78.